The van der Waals surface area contributed by atoms with Gasteiger partial charge in [0.2, 0.25) is 5.91 Å². The van der Waals surface area contributed by atoms with Gasteiger partial charge in [-0.25, -0.2) is 0 Å². The lowest BCUT2D eigenvalue weighted by Gasteiger charge is -2.08. The van der Waals surface area contributed by atoms with Gasteiger partial charge >= 0.3 is 5.97 Å². The van der Waals surface area contributed by atoms with Crippen LogP contribution in [0.4, 0.5) is 0 Å². The largest absolute Gasteiger partial charge is 0.492 e. The van der Waals surface area contributed by atoms with Gasteiger partial charge in [-0.15, -0.1) is 0 Å². The Hall–Kier alpha value is -1.46. The van der Waals surface area contributed by atoms with Gasteiger partial charge in [0.05, 0.1) is 24.7 Å². The molecule has 1 rings (SSSR count). The fourth-order valence-corrected chi connectivity index (χ4v) is 2.10. The molecule has 0 aliphatic heterocycles. The molecule has 0 unspecified atom stereocenters. The van der Waals surface area contributed by atoms with Crippen LogP contribution in [0.3, 0.4) is 0 Å². The molecule has 1 aromatic carbocycles. The summed E-state index contributed by atoms with van der Waals surface area (Å²) >= 11 is 11.7. The summed E-state index contributed by atoms with van der Waals surface area (Å²) in [6.07, 6.45) is 1.04. The lowest BCUT2D eigenvalue weighted by molar-refractivity contribution is -0.143. The van der Waals surface area contributed by atoms with E-state index in [4.69, 9.17) is 32.7 Å². The Bertz CT molecular complexity index is 508. The second-order valence-electron chi connectivity index (χ2n) is 4.43. The highest BCUT2D eigenvalue weighted by atomic mass is 35.5. The smallest absolute Gasteiger partial charge is 0.307 e. The molecule has 0 saturated heterocycles. The predicted octanol–water partition coefficient (Wildman–Crippen LogP) is 3.22. The molecule has 0 bridgehead atoms. The van der Waals surface area contributed by atoms with E-state index in [0.29, 0.717) is 41.9 Å². The number of hydrogen-bond acceptors (Lipinski definition) is 4. The molecule has 0 fully saturated rings. The highest BCUT2D eigenvalue weighted by molar-refractivity contribution is 6.35. The Labute approximate surface area is 139 Å². The van der Waals surface area contributed by atoms with Crippen LogP contribution in [-0.2, 0) is 14.3 Å². The number of nitrogens with one attached hydrogen (secondary N) is 1. The number of amides is 1. The lowest BCUT2D eigenvalue weighted by Crippen LogP contribution is -2.26. The van der Waals surface area contributed by atoms with Gasteiger partial charge in [0.25, 0.3) is 0 Å². The summed E-state index contributed by atoms with van der Waals surface area (Å²) in [4.78, 5) is 22.6. The van der Waals surface area contributed by atoms with Crippen molar-refractivity contribution in [3.05, 3.63) is 28.2 Å². The SMILES string of the molecule is CCOC(=O)CCNC(=O)CCCOc1ccc(Cl)cc1Cl. The molecular formula is C15H19Cl2NO4. The normalized spacial score (nSPS) is 10.1. The third-order valence-corrected chi connectivity index (χ3v) is 3.19. The molecule has 1 amide bonds. The van der Waals surface area contributed by atoms with Gasteiger partial charge in [-0.3, -0.25) is 9.59 Å². The van der Waals surface area contributed by atoms with E-state index >= 15 is 0 Å². The molecule has 0 atom stereocenters. The predicted molar refractivity (Wildman–Crippen MR) is 85.5 cm³/mol. The Morgan fingerprint density at radius 3 is 2.68 bits per heavy atom. The van der Waals surface area contributed by atoms with Crippen molar-refractivity contribution < 1.29 is 19.1 Å². The number of esters is 1. The van der Waals surface area contributed by atoms with E-state index < -0.39 is 0 Å². The van der Waals surface area contributed by atoms with Gasteiger partial charge in [-0.2, -0.15) is 0 Å². The molecular weight excluding hydrogens is 329 g/mol. The average molecular weight is 348 g/mol. The molecule has 122 valence electrons. The first kappa shape index (κ1) is 18.6. The molecule has 1 N–H and O–H groups in total. The number of hydrogen-bond donors (Lipinski definition) is 1. The van der Waals surface area contributed by atoms with Crippen LogP contribution in [0.25, 0.3) is 0 Å². The van der Waals surface area contributed by atoms with Crippen molar-refractivity contribution >= 4 is 35.1 Å². The van der Waals surface area contributed by atoms with Crippen LogP contribution in [0.15, 0.2) is 18.2 Å². The fraction of sp³-hybridized carbons (Fsp3) is 0.467. The Kier molecular flexibility index (Phi) is 8.70. The third kappa shape index (κ3) is 7.52. The molecule has 0 aliphatic rings. The molecule has 0 heterocycles. The quantitative estimate of drug-likeness (QED) is 0.550. The third-order valence-electron chi connectivity index (χ3n) is 2.66. The van der Waals surface area contributed by atoms with Crippen LogP contribution in [0, 0.1) is 0 Å². The van der Waals surface area contributed by atoms with E-state index in [1.807, 2.05) is 0 Å². The zero-order valence-corrected chi connectivity index (χ0v) is 13.9. The molecule has 0 aromatic heterocycles. The van der Waals surface area contributed by atoms with Crippen LogP contribution in [-0.4, -0.2) is 31.6 Å². The van der Waals surface area contributed by atoms with Crippen molar-refractivity contribution in [2.24, 2.45) is 0 Å². The maximum Gasteiger partial charge on any atom is 0.307 e. The Balaban J connectivity index is 2.13. The first-order valence-corrected chi connectivity index (χ1v) is 7.78. The molecule has 5 nitrogen and oxygen atoms in total. The molecule has 22 heavy (non-hydrogen) atoms. The fourth-order valence-electron chi connectivity index (χ4n) is 1.63. The van der Waals surface area contributed by atoms with Crippen LogP contribution in [0.1, 0.15) is 26.2 Å². The minimum Gasteiger partial charge on any atom is -0.492 e. The number of carbonyl (C=O) groups excluding carboxylic acids is 2. The van der Waals surface area contributed by atoms with Crippen molar-refractivity contribution in [1.82, 2.24) is 5.32 Å². The molecule has 0 saturated carbocycles. The van der Waals surface area contributed by atoms with Crippen molar-refractivity contribution in [2.45, 2.75) is 26.2 Å². The van der Waals surface area contributed by atoms with E-state index in [9.17, 15) is 9.59 Å². The summed E-state index contributed by atoms with van der Waals surface area (Å²) in [5.41, 5.74) is 0. The number of rotatable bonds is 9. The summed E-state index contributed by atoms with van der Waals surface area (Å²) in [6.45, 7) is 2.73. The number of ether oxygens (including phenoxy) is 2. The van der Waals surface area contributed by atoms with Gasteiger partial charge in [0.1, 0.15) is 5.75 Å². The summed E-state index contributed by atoms with van der Waals surface area (Å²) in [5.74, 6) is 0.0902. The first-order chi connectivity index (χ1) is 10.5. The summed E-state index contributed by atoms with van der Waals surface area (Å²) in [7, 11) is 0. The van der Waals surface area contributed by atoms with Gasteiger partial charge in [0.15, 0.2) is 0 Å². The number of carbonyl (C=O) groups is 2. The molecule has 1 aromatic rings. The topological polar surface area (TPSA) is 64.6 Å². The average Bonchev–Trinajstić information content (AvgIpc) is 2.45. The molecule has 0 spiro atoms. The lowest BCUT2D eigenvalue weighted by atomic mass is 10.3. The van der Waals surface area contributed by atoms with Crippen molar-refractivity contribution in [1.29, 1.82) is 0 Å². The number of halogens is 2. The maximum atomic E-state index is 11.5. The Morgan fingerprint density at radius 2 is 2.00 bits per heavy atom. The zero-order chi connectivity index (χ0) is 16.4. The summed E-state index contributed by atoms with van der Waals surface area (Å²) in [5, 5.41) is 3.63. The van der Waals surface area contributed by atoms with Gasteiger partial charge in [-0.1, -0.05) is 23.2 Å². The van der Waals surface area contributed by atoms with Crippen molar-refractivity contribution in [2.75, 3.05) is 19.8 Å². The van der Waals surface area contributed by atoms with E-state index in [1.54, 1.807) is 25.1 Å². The summed E-state index contributed by atoms with van der Waals surface area (Å²) in [6, 6.07) is 4.97. The highest BCUT2D eigenvalue weighted by Crippen LogP contribution is 2.27. The second-order valence-corrected chi connectivity index (χ2v) is 5.28. The van der Waals surface area contributed by atoms with Crippen LogP contribution in [0.5, 0.6) is 5.75 Å². The molecule has 0 aliphatic carbocycles. The van der Waals surface area contributed by atoms with E-state index in [2.05, 4.69) is 5.32 Å². The summed E-state index contributed by atoms with van der Waals surface area (Å²) < 4.78 is 10.2. The minimum absolute atomic E-state index is 0.130. The second kappa shape index (κ2) is 10.3. The first-order valence-electron chi connectivity index (χ1n) is 7.03. The van der Waals surface area contributed by atoms with E-state index in [-0.39, 0.29) is 24.8 Å². The van der Waals surface area contributed by atoms with Gasteiger partial charge in [-0.05, 0) is 31.5 Å². The zero-order valence-electron chi connectivity index (χ0n) is 12.4. The van der Waals surface area contributed by atoms with Crippen LogP contribution >= 0.6 is 23.2 Å². The molecule has 7 heteroatoms. The highest BCUT2D eigenvalue weighted by Gasteiger charge is 2.06. The maximum absolute atomic E-state index is 11.5. The van der Waals surface area contributed by atoms with Gasteiger partial charge in [0, 0.05) is 18.0 Å². The van der Waals surface area contributed by atoms with Crippen LogP contribution in [0.2, 0.25) is 10.0 Å². The van der Waals surface area contributed by atoms with Gasteiger partial charge < -0.3 is 14.8 Å². The van der Waals surface area contributed by atoms with Crippen LogP contribution < -0.4 is 10.1 Å². The van der Waals surface area contributed by atoms with E-state index in [0.717, 1.165) is 0 Å². The van der Waals surface area contributed by atoms with E-state index in [1.165, 1.54) is 0 Å². The Morgan fingerprint density at radius 1 is 1.23 bits per heavy atom. The standard InChI is InChI=1S/C15H19Cl2NO4/c1-2-21-15(20)7-8-18-14(19)4-3-9-22-13-6-5-11(16)10-12(13)17/h5-6,10H,2-4,7-9H2,1H3,(H,18,19). The van der Waals surface area contributed by atoms with Crippen molar-refractivity contribution in [3.8, 4) is 5.75 Å². The number of benzene rings is 1. The monoisotopic (exact) mass is 347 g/mol. The van der Waals surface area contributed by atoms with Crippen molar-refractivity contribution in [3.63, 3.8) is 0 Å². The minimum atomic E-state index is -0.316. The molecule has 0 radical (unpaired) electrons.